The topological polar surface area (TPSA) is 64.7 Å². The molecule has 0 radical (unpaired) electrons. The summed E-state index contributed by atoms with van der Waals surface area (Å²) in [5.41, 5.74) is 6.32. The predicted octanol–water partition coefficient (Wildman–Crippen LogP) is -0.0648. The first-order valence-corrected chi connectivity index (χ1v) is 3.74. The summed E-state index contributed by atoms with van der Waals surface area (Å²) in [5, 5.41) is 7.64. The molecule has 0 atom stereocenters. The van der Waals surface area contributed by atoms with Crippen LogP contribution in [0.2, 0.25) is 0 Å². The Bertz CT molecular complexity index is 223. The molecule has 2 N–H and O–H groups in total. The fourth-order valence-corrected chi connectivity index (χ4v) is 0.784. The molecule has 0 saturated heterocycles. The summed E-state index contributed by atoms with van der Waals surface area (Å²) in [6.45, 7) is 2.62. The van der Waals surface area contributed by atoms with Crippen molar-refractivity contribution in [2.45, 2.75) is 19.8 Å². The number of hydrogen-bond donors (Lipinski definition) is 1. The molecule has 1 aromatic heterocycles. The summed E-state index contributed by atoms with van der Waals surface area (Å²) in [5.74, 6) is 0.742. The van der Waals surface area contributed by atoms with Crippen LogP contribution in [0.25, 0.3) is 0 Å². The number of nitrogens with two attached hydrogens (primary N) is 1. The molecular weight excluding hydrogens is 140 g/mol. The summed E-state index contributed by atoms with van der Waals surface area (Å²) in [7, 11) is 0. The van der Waals surface area contributed by atoms with Gasteiger partial charge in [-0.05, 0) is 13.0 Å². The molecule has 0 spiro atoms. The van der Waals surface area contributed by atoms with Crippen LogP contribution in [0.5, 0.6) is 0 Å². The highest BCUT2D eigenvalue weighted by atomic mass is 15.1. The Labute approximate surface area is 65.9 Å². The molecular formula is C7H12N4. The van der Waals surface area contributed by atoms with E-state index in [1.54, 1.807) is 6.20 Å². The minimum absolute atomic E-state index is 0.578. The zero-order chi connectivity index (χ0) is 8.10. The second kappa shape index (κ2) is 3.98. The lowest BCUT2D eigenvalue weighted by molar-refractivity contribution is 0.781. The summed E-state index contributed by atoms with van der Waals surface area (Å²) >= 11 is 0. The van der Waals surface area contributed by atoms with Gasteiger partial charge in [0.1, 0.15) is 0 Å². The minimum Gasteiger partial charge on any atom is -0.330 e. The molecule has 4 heteroatoms. The fourth-order valence-electron chi connectivity index (χ4n) is 0.784. The van der Waals surface area contributed by atoms with Crippen LogP contribution in [0.4, 0.5) is 0 Å². The van der Waals surface area contributed by atoms with Crippen molar-refractivity contribution in [3.05, 3.63) is 17.7 Å². The van der Waals surface area contributed by atoms with E-state index in [9.17, 15) is 0 Å². The van der Waals surface area contributed by atoms with Gasteiger partial charge in [0.05, 0.1) is 11.9 Å². The second-order valence-corrected chi connectivity index (χ2v) is 2.26. The van der Waals surface area contributed by atoms with Crippen LogP contribution >= 0.6 is 0 Å². The molecule has 0 saturated carbocycles. The summed E-state index contributed by atoms with van der Waals surface area (Å²) in [4.78, 5) is 4.23. The molecule has 0 bridgehead atoms. The Morgan fingerprint density at radius 1 is 1.55 bits per heavy atom. The molecule has 0 aliphatic rings. The van der Waals surface area contributed by atoms with Gasteiger partial charge in [-0.25, -0.2) is 4.98 Å². The SMILES string of the molecule is CCc1cnnc(CCN)n1. The standard InChI is InChI=1S/C7H12N4/c1-2-6-5-9-11-7(10-6)3-4-8/h5H,2-4,8H2,1H3. The predicted molar refractivity (Wildman–Crippen MR) is 42.0 cm³/mol. The van der Waals surface area contributed by atoms with Crippen LogP contribution in [-0.2, 0) is 12.8 Å². The van der Waals surface area contributed by atoms with Crippen molar-refractivity contribution in [1.29, 1.82) is 0 Å². The van der Waals surface area contributed by atoms with Gasteiger partial charge in [0.25, 0.3) is 0 Å². The van der Waals surface area contributed by atoms with Crippen LogP contribution in [0.15, 0.2) is 6.20 Å². The van der Waals surface area contributed by atoms with Crippen molar-refractivity contribution in [2.75, 3.05) is 6.54 Å². The molecule has 60 valence electrons. The van der Waals surface area contributed by atoms with Crippen molar-refractivity contribution in [2.24, 2.45) is 5.73 Å². The third-order valence-electron chi connectivity index (χ3n) is 1.38. The molecule has 1 heterocycles. The number of hydrogen-bond acceptors (Lipinski definition) is 4. The van der Waals surface area contributed by atoms with Crippen LogP contribution in [0.1, 0.15) is 18.4 Å². The first-order valence-electron chi connectivity index (χ1n) is 3.74. The highest BCUT2D eigenvalue weighted by Gasteiger charge is 1.96. The average Bonchev–Trinajstić information content (AvgIpc) is 2.06. The second-order valence-electron chi connectivity index (χ2n) is 2.26. The number of nitrogens with zero attached hydrogens (tertiary/aromatic N) is 3. The van der Waals surface area contributed by atoms with Crippen molar-refractivity contribution in [3.8, 4) is 0 Å². The van der Waals surface area contributed by atoms with Gasteiger partial charge in [-0.1, -0.05) is 6.92 Å². The monoisotopic (exact) mass is 152 g/mol. The van der Waals surface area contributed by atoms with E-state index in [-0.39, 0.29) is 0 Å². The molecule has 4 nitrogen and oxygen atoms in total. The van der Waals surface area contributed by atoms with Crippen LogP contribution in [-0.4, -0.2) is 21.7 Å². The van der Waals surface area contributed by atoms with Gasteiger partial charge >= 0.3 is 0 Å². The molecule has 0 aromatic carbocycles. The highest BCUT2D eigenvalue weighted by Crippen LogP contribution is 1.93. The van der Waals surface area contributed by atoms with E-state index in [1.807, 2.05) is 6.92 Å². The van der Waals surface area contributed by atoms with E-state index < -0.39 is 0 Å². The average molecular weight is 152 g/mol. The molecule has 0 aliphatic heterocycles. The maximum atomic E-state index is 5.34. The Kier molecular flexibility index (Phi) is 2.92. The van der Waals surface area contributed by atoms with Crippen LogP contribution < -0.4 is 5.73 Å². The van der Waals surface area contributed by atoms with Crippen molar-refractivity contribution in [3.63, 3.8) is 0 Å². The Balaban J connectivity index is 2.74. The number of rotatable bonds is 3. The summed E-state index contributed by atoms with van der Waals surface area (Å²) < 4.78 is 0. The Hall–Kier alpha value is -1.03. The number of aryl methyl sites for hydroxylation is 1. The molecule has 0 amide bonds. The molecule has 1 rings (SSSR count). The largest absolute Gasteiger partial charge is 0.330 e. The third kappa shape index (κ3) is 2.23. The van der Waals surface area contributed by atoms with Crippen molar-refractivity contribution < 1.29 is 0 Å². The lowest BCUT2D eigenvalue weighted by Gasteiger charge is -1.97. The van der Waals surface area contributed by atoms with Gasteiger partial charge < -0.3 is 5.73 Å². The molecule has 0 unspecified atom stereocenters. The van der Waals surface area contributed by atoms with Gasteiger partial charge in [-0.2, -0.15) is 5.10 Å². The summed E-state index contributed by atoms with van der Waals surface area (Å²) in [6, 6.07) is 0. The number of aromatic nitrogens is 3. The van der Waals surface area contributed by atoms with Gasteiger partial charge in [0.2, 0.25) is 0 Å². The maximum Gasteiger partial charge on any atom is 0.152 e. The smallest absolute Gasteiger partial charge is 0.152 e. The Morgan fingerprint density at radius 2 is 2.36 bits per heavy atom. The molecule has 11 heavy (non-hydrogen) atoms. The zero-order valence-electron chi connectivity index (χ0n) is 6.62. The lowest BCUT2D eigenvalue weighted by Crippen LogP contribution is -2.08. The van der Waals surface area contributed by atoms with Gasteiger partial charge in [0, 0.05) is 6.42 Å². The van der Waals surface area contributed by atoms with E-state index >= 15 is 0 Å². The van der Waals surface area contributed by atoms with E-state index in [0.717, 1.165) is 17.9 Å². The van der Waals surface area contributed by atoms with Crippen LogP contribution in [0.3, 0.4) is 0 Å². The zero-order valence-corrected chi connectivity index (χ0v) is 6.62. The molecule has 0 fully saturated rings. The van der Waals surface area contributed by atoms with E-state index in [0.29, 0.717) is 13.0 Å². The van der Waals surface area contributed by atoms with Gasteiger partial charge in [0.15, 0.2) is 5.82 Å². The third-order valence-corrected chi connectivity index (χ3v) is 1.38. The van der Waals surface area contributed by atoms with Crippen molar-refractivity contribution in [1.82, 2.24) is 15.2 Å². The normalized spacial score (nSPS) is 10.0. The van der Waals surface area contributed by atoms with E-state index in [4.69, 9.17) is 5.73 Å². The fraction of sp³-hybridized carbons (Fsp3) is 0.571. The van der Waals surface area contributed by atoms with Crippen LogP contribution in [0, 0.1) is 0 Å². The first kappa shape index (κ1) is 8.07. The van der Waals surface area contributed by atoms with Gasteiger partial charge in [-0.3, -0.25) is 0 Å². The van der Waals surface area contributed by atoms with Gasteiger partial charge in [-0.15, -0.1) is 5.10 Å². The first-order chi connectivity index (χ1) is 5.36. The molecule has 0 aliphatic carbocycles. The summed E-state index contributed by atoms with van der Waals surface area (Å²) in [6.07, 6.45) is 3.29. The molecule has 1 aromatic rings. The van der Waals surface area contributed by atoms with Crippen molar-refractivity contribution >= 4 is 0 Å². The highest BCUT2D eigenvalue weighted by molar-refractivity contribution is 4.95. The lowest BCUT2D eigenvalue weighted by atomic mass is 10.3. The minimum atomic E-state index is 0.578. The Morgan fingerprint density at radius 3 is 3.00 bits per heavy atom. The quantitative estimate of drug-likeness (QED) is 0.658. The van der Waals surface area contributed by atoms with E-state index in [2.05, 4.69) is 15.2 Å². The maximum absolute atomic E-state index is 5.34. The van der Waals surface area contributed by atoms with E-state index in [1.165, 1.54) is 0 Å².